The molecule has 1 aliphatic carbocycles. The molecule has 1 aromatic carbocycles. The van der Waals surface area contributed by atoms with E-state index in [1.807, 2.05) is 18.2 Å². The number of hydrogen-bond donors (Lipinski definition) is 1. The van der Waals surface area contributed by atoms with E-state index in [2.05, 4.69) is 33.5 Å². The van der Waals surface area contributed by atoms with Crippen molar-refractivity contribution < 1.29 is 4.79 Å². The third-order valence-electron chi connectivity index (χ3n) is 4.58. The summed E-state index contributed by atoms with van der Waals surface area (Å²) in [7, 11) is 2.19. The predicted molar refractivity (Wildman–Crippen MR) is 104 cm³/mol. The Morgan fingerprint density at radius 3 is 2.88 bits per heavy atom. The molecule has 1 aliphatic rings. The molecule has 1 fully saturated rings. The Bertz CT molecular complexity index is 671. The Balaban J connectivity index is 1.57. The van der Waals surface area contributed by atoms with Gasteiger partial charge in [0.2, 0.25) is 5.91 Å². The van der Waals surface area contributed by atoms with E-state index in [0.29, 0.717) is 11.8 Å². The molecule has 0 unspecified atom stereocenters. The number of aromatic nitrogens is 2. The van der Waals surface area contributed by atoms with Gasteiger partial charge in [-0.15, -0.1) is 10.2 Å². The molecule has 0 saturated heterocycles. The van der Waals surface area contributed by atoms with Crippen molar-refractivity contribution in [2.75, 3.05) is 18.1 Å². The van der Waals surface area contributed by atoms with Crippen molar-refractivity contribution in [1.82, 2.24) is 15.1 Å². The normalized spacial score (nSPS) is 15.4. The summed E-state index contributed by atoms with van der Waals surface area (Å²) >= 11 is 2.87. The summed E-state index contributed by atoms with van der Waals surface area (Å²) in [6.07, 6.45) is 6.59. The highest BCUT2D eigenvalue weighted by atomic mass is 32.2. The number of benzene rings is 1. The lowest BCUT2D eigenvalue weighted by molar-refractivity contribution is -0.113. The van der Waals surface area contributed by atoms with E-state index in [4.69, 9.17) is 0 Å². The molecule has 1 aromatic heterocycles. The number of carbonyl (C=O) groups is 1. The van der Waals surface area contributed by atoms with Crippen LogP contribution in [0, 0.1) is 0 Å². The van der Waals surface area contributed by atoms with Crippen molar-refractivity contribution in [2.45, 2.75) is 49.0 Å². The minimum absolute atomic E-state index is 0.00651. The Kier molecular flexibility index (Phi) is 6.84. The smallest absolute Gasteiger partial charge is 0.234 e. The first-order valence-electron chi connectivity index (χ1n) is 8.69. The van der Waals surface area contributed by atoms with E-state index in [1.54, 1.807) is 5.51 Å². The molecule has 0 radical (unpaired) electrons. The quantitative estimate of drug-likeness (QED) is 0.739. The van der Waals surface area contributed by atoms with Crippen LogP contribution in [0.25, 0.3) is 0 Å². The molecule has 0 spiro atoms. The monoisotopic (exact) mass is 376 g/mol. The van der Waals surface area contributed by atoms with Crippen LogP contribution in [0.1, 0.15) is 37.7 Å². The van der Waals surface area contributed by atoms with Gasteiger partial charge in [-0.2, -0.15) is 0 Å². The number of nitrogens with one attached hydrogen (secondary N) is 1. The van der Waals surface area contributed by atoms with Gasteiger partial charge in [0.1, 0.15) is 5.51 Å². The Morgan fingerprint density at radius 1 is 1.32 bits per heavy atom. The SMILES string of the molecule is CN(Cc1ccccc1NC(=O)CSc1nncs1)C1CCCCC1. The number of para-hydroxylation sites is 1. The average Bonchev–Trinajstić information content (AvgIpc) is 3.16. The Labute approximate surface area is 157 Å². The van der Waals surface area contributed by atoms with Gasteiger partial charge in [-0.1, -0.05) is 60.6 Å². The summed E-state index contributed by atoms with van der Waals surface area (Å²) in [6.45, 7) is 0.866. The second-order valence-corrected chi connectivity index (χ2v) is 8.46. The van der Waals surface area contributed by atoms with Gasteiger partial charge in [0.15, 0.2) is 4.34 Å². The van der Waals surface area contributed by atoms with Gasteiger partial charge >= 0.3 is 0 Å². The lowest BCUT2D eigenvalue weighted by Crippen LogP contribution is -2.33. The molecule has 5 nitrogen and oxygen atoms in total. The topological polar surface area (TPSA) is 58.1 Å². The number of nitrogens with zero attached hydrogens (tertiary/aromatic N) is 3. The molecule has 1 amide bonds. The molecule has 25 heavy (non-hydrogen) atoms. The van der Waals surface area contributed by atoms with Gasteiger partial charge in [0.25, 0.3) is 0 Å². The number of hydrogen-bond acceptors (Lipinski definition) is 6. The third-order valence-corrected chi connectivity index (χ3v) is 6.44. The van der Waals surface area contributed by atoms with Crippen molar-refractivity contribution in [3.8, 4) is 0 Å². The second-order valence-electron chi connectivity index (χ2n) is 6.41. The maximum atomic E-state index is 12.3. The molecule has 2 aromatic rings. The fraction of sp³-hybridized carbons (Fsp3) is 0.500. The minimum Gasteiger partial charge on any atom is -0.325 e. The van der Waals surface area contributed by atoms with Gasteiger partial charge < -0.3 is 5.32 Å². The van der Waals surface area contributed by atoms with E-state index in [-0.39, 0.29) is 5.91 Å². The summed E-state index contributed by atoms with van der Waals surface area (Å²) in [5.41, 5.74) is 3.76. The summed E-state index contributed by atoms with van der Waals surface area (Å²) in [5.74, 6) is 0.343. The molecule has 0 aliphatic heterocycles. The zero-order chi connectivity index (χ0) is 17.5. The number of anilines is 1. The predicted octanol–water partition coefficient (Wildman–Crippen LogP) is 4.03. The molecule has 134 valence electrons. The van der Waals surface area contributed by atoms with E-state index in [9.17, 15) is 4.79 Å². The van der Waals surface area contributed by atoms with Crippen molar-refractivity contribution in [1.29, 1.82) is 0 Å². The molecule has 1 heterocycles. The highest BCUT2D eigenvalue weighted by Crippen LogP contribution is 2.25. The van der Waals surface area contributed by atoms with E-state index in [1.165, 1.54) is 60.8 Å². The van der Waals surface area contributed by atoms with Crippen LogP contribution in [0.2, 0.25) is 0 Å². The van der Waals surface area contributed by atoms with E-state index >= 15 is 0 Å². The van der Waals surface area contributed by atoms with Crippen LogP contribution in [-0.2, 0) is 11.3 Å². The van der Waals surface area contributed by atoms with Crippen molar-refractivity contribution in [2.24, 2.45) is 0 Å². The van der Waals surface area contributed by atoms with Crippen LogP contribution in [0.3, 0.4) is 0 Å². The molecule has 0 bridgehead atoms. The van der Waals surface area contributed by atoms with Crippen molar-refractivity contribution >= 4 is 34.7 Å². The Morgan fingerprint density at radius 2 is 2.12 bits per heavy atom. The van der Waals surface area contributed by atoms with E-state index < -0.39 is 0 Å². The standard InChI is InChI=1S/C18H24N4OS2/c1-22(15-8-3-2-4-9-15)11-14-7-5-6-10-16(14)20-17(23)12-24-18-21-19-13-25-18/h5-7,10,13,15H,2-4,8-9,11-12H2,1H3,(H,20,23). The molecule has 1 saturated carbocycles. The third kappa shape index (κ3) is 5.52. The van der Waals surface area contributed by atoms with E-state index in [0.717, 1.165) is 16.6 Å². The first-order valence-corrected chi connectivity index (χ1v) is 10.6. The fourth-order valence-electron chi connectivity index (χ4n) is 3.24. The summed E-state index contributed by atoms with van der Waals surface area (Å²) in [4.78, 5) is 14.7. The highest BCUT2D eigenvalue weighted by Gasteiger charge is 2.19. The van der Waals surface area contributed by atoms with Gasteiger partial charge in [0, 0.05) is 18.3 Å². The summed E-state index contributed by atoms with van der Waals surface area (Å²) < 4.78 is 0.820. The molecule has 7 heteroatoms. The lowest BCUT2D eigenvalue weighted by atomic mass is 9.94. The maximum absolute atomic E-state index is 12.3. The van der Waals surface area contributed by atoms with Gasteiger partial charge in [0.05, 0.1) is 5.75 Å². The fourth-order valence-corrected chi connectivity index (χ4v) is 4.53. The largest absolute Gasteiger partial charge is 0.325 e. The zero-order valence-electron chi connectivity index (χ0n) is 14.5. The second kappa shape index (κ2) is 9.31. The first-order chi connectivity index (χ1) is 12.2. The zero-order valence-corrected chi connectivity index (χ0v) is 16.1. The van der Waals surface area contributed by atoms with Crippen LogP contribution in [0.15, 0.2) is 34.1 Å². The van der Waals surface area contributed by atoms with Gasteiger partial charge in [-0.3, -0.25) is 9.69 Å². The molecule has 3 rings (SSSR count). The summed E-state index contributed by atoms with van der Waals surface area (Å²) in [6, 6.07) is 8.75. The minimum atomic E-state index is -0.00651. The summed E-state index contributed by atoms with van der Waals surface area (Å²) in [5, 5.41) is 10.8. The van der Waals surface area contributed by atoms with Crippen LogP contribution in [-0.4, -0.2) is 39.8 Å². The molecule has 1 N–H and O–H groups in total. The first kappa shape index (κ1) is 18.4. The number of rotatable bonds is 7. The van der Waals surface area contributed by atoms with Gasteiger partial charge in [-0.25, -0.2) is 0 Å². The highest BCUT2D eigenvalue weighted by molar-refractivity contribution is 8.01. The van der Waals surface area contributed by atoms with Crippen molar-refractivity contribution in [3.05, 3.63) is 35.3 Å². The molecular formula is C18H24N4OS2. The number of carbonyl (C=O) groups excluding carboxylic acids is 1. The van der Waals surface area contributed by atoms with Crippen LogP contribution in [0.5, 0.6) is 0 Å². The van der Waals surface area contributed by atoms with Crippen LogP contribution in [0.4, 0.5) is 5.69 Å². The maximum Gasteiger partial charge on any atom is 0.234 e. The lowest BCUT2D eigenvalue weighted by Gasteiger charge is -2.31. The molecular weight excluding hydrogens is 352 g/mol. The van der Waals surface area contributed by atoms with Crippen molar-refractivity contribution in [3.63, 3.8) is 0 Å². The van der Waals surface area contributed by atoms with Gasteiger partial charge in [-0.05, 0) is 31.5 Å². The van der Waals surface area contributed by atoms with Crippen LogP contribution < -0.4 is 5.32 Å². The Hall–Kier alpha value is -1.44. The number of amides is 1. The van der Waals surface area contributed by atoms with Crippen LogP contribution >= 0.6 is 23.1 Å². The molecule has 0 atom stereocenters. The average molecular weight is 377 g/mol. The number of thioether (sulfide) groups is 1.